The zero-order valence-electron chi connectivity index (χ0n) is 15.7. The third kappa shape index (κ3) is 2.88. The van der Waals surface area contributed by atoms with Crippen LogP contribution >= 0.6 is 0 Å². The highest BCUT2D eigenvalue weighted by molar-refractivity contribution is 5.82. The fourth-order valence-electron chi connectivity index (χ4n) is 5.20. The SMILES string of the molecule is C[C@@H]1CCC(C(C)(C)C2CCC3=C(C2)N2C=CC=CN2C=C3)C(=O)C1. The second kappa shape index (κ2) is 6.19. The Kier molecular flexibility index (Phi) is 4.13. The van der Waals surface area contributed by atoms with E-state index in [0.717, 1.165) is 25.7 Å². The van der Waals surface area contributed by atoms with E-state index in [9.17, 15) is 4.79 Å². The average Bonchev–Trinajstić information content (AvgIpc) is 2.60. The van der Waals surface area contributed by atoms with Gasteiger partial charge in [0, 0.05) is 36.6 Å². The molecule has 0 spiro atoms. The lowest BCUT2D eigenvalue weighted by molar-refractivity contribution is -0.132. The van der Waals surface area contributed by atoms with E-state index in [4.69, 9.17) is 0 Å². The largest absolute Gasteiger partial charge is 0.299 e. The first kappa shape index (κ1) is 16.7. The number of Topliss-reactive ketones (excluding diaryl/α,β-unsaturated/α-hetero) is 1. The minimum atomic E-state index is 0.0804. The summed E-state index contributed by atoms with van der Waals surface area (Å²) in [5, 5.41) is 4.43. The van der Waals surface area contributed by atoms with Crippen LogP contribution in [0.4, 0.5) is 0 Å². The topological polar surface area (TPSA) is 23.6 Å². The van der Waals surface area contributed by atoms with Gasteiger partial charge in [0.05, 0.1) is 0 Å². The Balaban J connectivity index is 1.56. The average molecular weight is 338 g/mol. The van der Waals surface area contributed by atoms with Crippen LogP contribution in [0.15, 0.2) is 48.1 Å². The Bertz CT molecular complexity index is 682. The molecule has 3 nitrogen and oxygen atoms in total. The molecule has 25 heavy (non-hydrogen) atoms. The molecule has 0 radical (unpaired) electrons. The first-order valence-corrected chi connectivity index (χ1v) is 9.82. The van der Waals surface area contributed by atoms with Gasteiger partial charge in [-0.25, -0.2) is 0 Å². The maximum absolute atomic E-state index is 12.7. The van der Waals surface area contributed by atoms with Gasteiger partial charge in [-0.2, -0.15) is 0 Å². The van der Waals surface area contributed by atoms with E-state index in [2.05, 4.69) is 67.6 Å². The van der Waals surface area contributed by atoms with Crippen LogP contribution in [0, 0.1) is 23.2 Å². The lowest BCUT2D eigenvalue weighted by Gasteiger charge is -2.48. The van der Waals surface area contributed by atoms with Crippen molar-refractivity contribution in [1.29, 1.82) is 0 Å². The highest BCUT2D eigenvalue weighted by atomic mass is 16.1. The molecule has 4 aliphatic rings. The maximum atomic E-state index is 12.7. The van der Waals surface area contributed by atoms with E-state index in [-0.39, 0.29) is 11.3 Å². The summed E-state index contributed by atoms with van der Waals surface area (Å²) in [7, 11) is 0. The lowest BCUT2D eigenvalue weighted by Crippen LogP contribution is -2.43. The number of fused-ring (bicyclic) bond motifs is 2. The van der Waals surface area contributed by atoms with Crippen molar-refractivity contribution in [3.05, 3.63) is 48.1 Å². The molecular formula is C22H30N2O. The normalized spacial score (nSPS) is 32.1. The summed E-state index contributed by atoms with van der Waals surface area (Å²) < 4.78 is 0. The maximum Gasteiger partial charge on any atom is 0.136 e. The molecule has 3 atom stereocenters. The number of allylic oxidation sites excluding steroid dienone is 5. The third-order valence-electron chi connectivity index (χ3n) is 6.94. The molecule has 2 unspecified atom stereocenters. The van der Waals surface area contributed by atoms with E-state index in [0.29, 0.717) is 17.6 Å². The number of carbonyl (C=O) groups excluding carboxylic acids is 1. The summed E-state index contributed by atoms with van der Waals surface area (Å²) in [5.74, 6) is 1.89. The number of carbonyl (C=O) groups is 1. The van der Waals surface area contributed by atoms with Gasteiger partial charge in [-0.15, -0.1) is 0 Å². The summed E-state index contributed by atoms with van der Waals surface area (Å²) in [6, 6.07) is 0. The molecular weight excluding hydrogens is 308 g/mol. The predicted molar refractivity (Wildman–Crippen MR) is 101 cm³/mol. The molecule has 1 fully saturated rings. The molecule has 0 aromatic heterocycles. The second-order valence-corrected chi connectivity index (χ2v) is 8.86. The molecule has 0 N–H and O–H groups in total. The zero-order valence-corrected chi connectivity index (χ0v) is 15.7. The molecule has 2 aliphatic carbocycles. The van der Waals surface area contributed by atoms with Crippen LogP contribution in [0.25, 0.3) is 0 Å². The van der Waals surface area contributed by atoms with Gasteiger partial charge in [0.15, 0.2) is 0 Å². The van der Waals surface area contributed by atoms with Crippen LogP contribution in [-0.4, -0.2) is 15.8 Å². The molecule has 0 aromatic carbocycles. The minimum Gasteiger partial charge on any atom is -0.299 e. The fraction of sp³-hybridized carbons (Fsp3) is 0.591. The molecule has 4 rings (SSSR count). The molecule has 0 aromatic rings. The third-order valence-corrected chi connectivity index (χ3v) is 6.94. The Morgan fingerprint density at radius 1 is 1.04 bits per heavy atom. The molecule has 1 saturated carbocycles. The highest BCUT2D eigenvalue weighted by Crippen LogP contribution is 2.50. The molecule has 2 aliphatic heterocycles. The molecule has 0 amide bonds. The van der Waals surface area contributed by atoms with Crippen molar-refractivity contribution in [3.8, 4) is 0 Å². The van der Waals surface area contributed by atoms with Gasteiger partial charge in [-0.05, 0) is 73.2 Å². The summed E-state index contributed by atoms with van der Waals surface area (Å²) in [4.78, 5) is 12.7. The quantitative estimate of drug-likeness (QED) is 0.695. The number of rotatable bonds is 2. The van der Waals surface area contributed by atoms with Crippen LogP contribution in [0.5, 0.6) is 0 Å². The van der Waals surface area contributed by atoms with Gasteiger partial charge in [0.25, 0.3) is 0 Å². The van der Waals surface area contributed by atoms with Crippen molar-refractivity contribution in [1.82, 2.24) is 10.0 Å². The van der Waals surface area contributed by atoms with Crippen LogP contribution in [0.3, 0.4) is 0 Å². The van der Waals surface area contributed by atoms with Gasteiger partial charge in [-0.1, -0.05) is 20.8 Å². The minimum absolute atomic E-state index is 0.0804. The van der Waals surface area contributed by atoms with E-state index >= 15 is 0 Å². The number of hydrazine groups is 1. The lowest BCUT2D eigenvalue weighted by atomic mass is 9.59. The number of ketones is 1. The highest BCUT2D eigenvalue weighted by Gasteiger charge is 2.44. The van der Waals surface area contributed by atoms with Gasteiger partial charge in [0.2, 0.25) is 0 Å². The monoisotopic (exact) mass is 338 g/mol. The fourth-order valence-corrected chi connectivity index (χ4v) is 5.20. The predicted octanol–water partition coefficient (Wildman–Crippen LogP) is 5.16. The molecule has 2 heterocycles. The Labute approximate surface area is 151 Å². The standard InChI is InChI=1S/C22H30N2O/c1-16-6-9-19(21(25)14-16)22(2,3)18-8-7-17-10-13-23-11-4-5-12-24(23)20(17)15-18/h4-5,10-13,16,18-19H,6-9,14-15H2,1-3H3/t16-,18?,19?/m1/s1. The molecule has 0 bridgehead atoms. The Morgan fingerprint density at radius 2 is 1.84 bits per heavy atom. The smallest absolute Gasteiger partial charge is 0.136 e. The second-order valence-electron chi connectivity index (χ2n) is 8.86. The van der Waals surface area contributed by atoms with Crippen molar-refractivity contribution in [2.75, 3.05) is 0 Å². The van der Waals surface area contributed by atoms with E-state index in [1.807, 2.05) is 0 Å². The summed E-state index contributed by atoms with van der Waals surface area (Å²) in [6.07, 6.45) is 19.3. The number of nitrogens with zero attached hydrogens (tertiary/aromatic N) is 2. The van der Waals surface area contributed by atoms with E-state index in [1.165, 1.54) is 24.1 Å². The van der Waals surface area contributed by atoms with Gasteiger partial charge < -0.3 is 0 Å². The number of hydrogen-bond acceptors (Lipinski definition) is 3. The van der Waals surface area contributed by atoms with Gasteiger partial charge in [0.1, 0.15) is 5.78 Å². The van der Waals surface area contributed by atoms with Crippen LogP contribution < -0.4 is 0 Å². The molecule has 3 heteroatoms. The number of hydrogen-bond donors (Lipinski definition) is 0. The van der Waals surface area contributed by atoms with Crippen molar-refractivity contribution in [2.45, 2.75) is 59.3 Å². The van der Waals surface area contributed by atoms with Crippen LogP contribution in [0.2, 0.25) is 0 Å². The van der Waals surface area contributed by atoms with Gasteiger partial charge in [-0.3, -0.25) is 14.8 Å². The van der Waals surface area contributed by atoms with E-state index in [1.54, 1.807) is 0 Å². The Morgan fingerprint density at radius 3 is 2.64 bits per heavy atom. The van der Waals surface area contributed by atoms with Crippen molar-refractivity contribution in [3.63, 3.8) is 0 Å². The van der Waals surface area contributed by atoms with Crippen molar-refractivity contribution in [2.24, 2.45) is 23.2 Å². The summed E-state index contributed by atoms with van der Waals surface area (Å²) in [6.45, 7) is 6.92. The van der Waals surface area contributed by atoms with Crippen molar-refractivity contribution >= 4 is 5.78 Å². The van der Waals surface area contributed by atoms with Crippen LogP contribution in [-0.2, 0) is 4.79 Å². The van der Waals surface area contributed by atoms with Crippen molar-refractivity contribution < 1.29 is 4.79 Å². The van der Waals surface area contributed by atoms with Gasteiger partial charge >= 0.3 is 0 Å². The summed E-state index contributed by atoms with van der Waals surface area (Å²) >= 11 is 0. The van der Waals surface area contributed by atoms with Crippen LogP contribution in [0.1, 0.15) is 59.3 Å². The Hall–Kier alpha value is -1.77. The molecule has 0 saturated heterocycles. The molecule has 134 valence electrons. The first-order valence-electron chi connectivity index (χ1n) is 9.82. The first-order chi connectivity index (χ1) is 12.0. The summed E-state index contributed by atoms with van der Waals surface area (Å²) in [5.41, 5.74) is 2.97. The zero-order chi connectivity index (χ0) is 17.6. The van der Waals surface area contributed by atoms with E-state index < -0.39 is 0 Å².